The van der Waals surface area contributed by atoms with Gasteiger partial charge < -0.3 is 0 Å². The summed E-state index contributed by atoms with van der Waals surface area (Å²) in [7, 11) is -0.414. The molecule has 0 radical (unpaired) electrons. The molecule has 3 aliphatic rings. The minimum Gasteiger partial charge on any atom is -0.0798 e. The largest absolute Gasteiger partial charge is 0.0798 e. The fourth-order valence-corrected chi connectivity index (χ4v) is 5.25. The van der Waals surface area contributed by atoms with E-state index in [1.54, 1.807) is 10.7 Å². The minimum absolute atomic E-state index is 0.414. The SMILES string of the molecule is CC1=CC2=CC=CC(=[Si](C)C)C(C)C2=C1C1=C(C)C=CC1. The van der Waals surface area contributed by atoms with Crippen LogP contribution in [0.5, 0.6) is 0 Å². The zero-order valence-electron chi connectivity index (χ0n) is 13.7. The molecule has 0 aromatic heterocycles. The number of hydrogen-bond donors (Lipinski definition) is 0. The molecule has 0 N–H and O–H groups in total. The lowest BCUT2D eigenvalue weighted by molar-refractivity contribution is 0.942. The van der Waals surface area contributed by atoms with E-state index in [0.717, 1.165) is 6.42 Å². The maximum atomic E-state index is 2.41. The molecule has 0 heterocycles. The van der Waals surface area contributed by atoms with Crippen LogP contribution in [0.1, 0.15) is 27.2 Å². The highest BCUT2D eigenvalue weighted by atomic mass is 28.2. The predicted molar refractivity (Wildman–Crippen MR) is 96.1 cm³/mol. The summed E-state index contributed by atoms with van der Waals surface area (Å²) in [6.07, 6.45) is 15.0. The Bertz CT molecular complexity index is 711. The third-order valence-electron chi connectivity index (χ3n) is 4.84. The van der Waals surface area contributed by atoms with Crippen molar-refractivity contribution in [3.05, 3.63) is 69.9 Å². The predicted octanol–water partition coefficient (Wildman–Crippen LogP) is 5.16. The smallest absolute Gasteiger partial charge is 0.00826 e. The Balaban J connectivity index is 2.22. The highest BCUT2D eigenvalue weighted by Gasteiger charge is 2.29. The van der Waals surface area contributed by atoms with Gasteiger partial charge in [-0.2, -0.15) is 0 Å². The fraction of sp³-hybridized carbons (Fsp3) is 0.350. The van der Waals surface area contributed by atoms with Crippen molar-refractivity contribution in [1.82, 2.24) is 0 Å². The van der Waals surface area contributed by atoms with Gasteiger partial charge in [0.05, 0.1) is 0 Å². The summed E-state index contributed by atoms with van der Waals surface area (Å²) >= 11 is 0. The molecule has 1 heteroatoms. The van der Waals surface area contributed by atoms with Crippen LogP contribution in [0.15, 0.2) is 69.9 Å². The van der Waals surface area contributed by atoms with E-state index in [1.165, 1.54) is 27.9 Å². The van der Waals surface area contributed by atoms with E-state index >= 15 is 0 Å². The van der Waals surface area contributed by atoms with Crippen LogP contribution < -0.4 is 0 Å². The molecular weight excluding hydrogens is 268 g/mol. The number of allylic oxidation sites excluding steroid dienone is 12. The molecule has 1 atom stereocenters. The molecule has 0 saturated carbocycles. The second-order valence-electron chi connectivity index (χ2n) is 6.54. The Hall–Kier alpha value is -1.47. The highest BCUT2D eigenvalue weighted by Crippen LogP contribution is 2.43. The van der Waals surface area contributed by atoms with Gasteiger partial charge in [-0.25, -0.2) is 0 Å². The lowest BCUT2D eigenvalue weighted by Gasteiger charge is -2.21. The molecule has 0 bridgehead atoms. The third-order valence-corrected chi connectivity index (χ3v) is 6.60. The van der Waals surface area contributed by atoms with Crippen molar-refractivity contribution in [3.8, 4) is 0 Å². The molecule has 0 aromatic carbocycles. The van der Waals surface area contributed by atoms with E-state index in [4.69, 9.17) is 0 Å². The second kappa shape index (κ2) is 5.38. The first-order chi connectivity index (χ1) is 10.0. The minimum atomic E-state index is -0.414. The molecule has 0 aliphatic heterocycles. The zero-order valence-corrected chi connectivity index (χ0v) is 14.7. The van der Waals surface area contributed by atoms with Crippen molar-refractivity contribution in [2.45, 2.75) is 40.3 Å². The van der Waals surface area contributed by atoms with E-state index in [-0.39, 0.29) is 0 Å². The third kappa shape index (κ3) is 2.34. The average Bonchev–Trinajstić information content (AvgIpc) is 2.92. The lowest BCUT2D eigenvalue weighted by Crippen LogP contribution is -2.19. The Morgan fingerprint density at radius 1 is 1.14 bits per heavy atom. The van der Waals surface area contributed by atoms with Gasteiger partial charge in [0, 0.05) is 14.3 Å². The van der Waals surface area contributed by atoms with E-state index in [2.05, 4.69) is 70.3 Å². The van der Waals surface area contributed by atoms with Gasteiger partial charge >= 0.3 is 0 Å². The zero-order chi connectivity index (χ0) is 15.1. The van der Waals surface area contributed by atoms with Crippen LogP contribution in [0.4, 0.5) is 0 Å². The van der Waals surface area contributed by atoms with Gasteiger partial charge in [-0.3, -0.25) is 0 Å². The quantitative estimate of drug-likeness (QED) is 0.586. The fourth-order valence-electron chi connectivity index (χ4n) is 3.81. The van der Waals surface area contributed by atoms with E-state index in [0.29, 0.717) is 5.92 Å². The molecule has 3 rings (SSSR count). The van der Waals surface area contributed by atoms with Gasteiger partial charge in [-0.05, 0) is 53.7 Å². The topological polar surface area (TPSA) is 0 Å². The molecule has 0 amide bonds. The van der Waals surface area contributed by atoms with Crippen LogP contribution in [0, 0.1) is 5.92 Å². The van der Waals surface area contributed by atoms with Crippen LogP contribution in [0.25, 0.3) is 0 Å². The molecule has 21 heavy (non-hydrogen) atoms. The number of fused-ring (bicyclic) bond motifs is 1. The van der Waals surface area contributed by atoms with Gasteiger partial charge in [0.15, 0.2) is 0 Å². The Kier molecular flexibility index (Phi) is 3.70. The van der Waals surface area contributed by atoms with Crippen molar-refractivity contribution >= 4 is 13.6 Å². The number of hydrogen-bond acceptors (Lipinski definition) is 0. The summed E-state index contributed by atoms with van der Waals surface area (Å²) in [4.78, 5) is 0. The summed E-state index contributed by atoms with van der Waals surface area (Å²) in [6.45, 7) is 11.7. The second-order valence-corrected chi connectivity index (χ2v) is 9.12. The van der Waals surface area contributed by atoms with Gasteiger partial charge in [0.25, 0.3) is 0 Å². The summed E-state index contributed by atoms with van der Waals surface area (Å²) in [5, 5.41) is 1.64. The van der Waals surface area contributed by atoms with Crippen LogP contribution >= 0.6 is 0 Å². The Morgan fingerprint density at radius 2 is 1.90 bits per heavy atom. The standard InChI is InChI=1S/C20H24Si/c1-13-8-6-10-17(13)19-14(2)12-16-9-7-11-18(21(4)5)15(3)20(16)19/h6-9,11-12,15H,10H2,1-5H3. The average molecular weight is 292 g/mol. The first kappa shape index (κ1) is 14.5. The Labute approximate surface area is 130 Å². The summed E-state index contributed by atoms with van der Waals surface area (Å²) in [5.41, 5.74) is 8.94. The van der Waals surface area contributed by atoms with Gasteiger partial charge in [0.2, 0.25) is 0 Å². The first-order valence-electron chi connectivity index (χ1n) is 7.86. The van der Waals surface area contributed by atoms with Crippen molar-refractivity contribution < 1.29 is 0 Å². The highest BCUT2D eigenvalue weighted by molar-refractivity contribution is 6.71. The number of rotatable bonds is 1. The molecule has 0 fully saturated rings. The molecule has 108 valence electrons. The van der Waals surface area contributed by atoms with Crippen LogP contribution in [0.3, 0.4) is 0 Å². The van der Waals surface area contributed by atoms with E-state index < -0.39 is 8.41 Å². The summed E-state index contributed by atoms with van der Waals surface area (Å²) in [5.74, 6) is 0.545. The lowest BCUT2D eigenvalue weighted by atomic mass is 9.86. The maximum Gasteiger partial charge on any atom is 0.00826 e. The molecule has 0 nitrogen and oxygen atoms in total. The molecule has 0 saturated heterocycles. The Morgan fingerprint density at radius 3 is 2.52 bits per heavy atom. The van der Waals surface area contributed by atoms with E-state index in [9.17, 15) is 0 Å². The van der Waals surface area contributed by atoms with Crippen molar-refractivity contribution in [2.75, 3.05) is 0 Å². The maximum absolute atomic E-state index is 2.41. The normalized spacial score (nSPS) is 24.4. The molecule has 0 aromatic rings. The van der Waals surface area contributed by atoms with Crippen molar-refractivity contribution in [1.29, 1.82) is 0 Å². The monoisotopic (exact) mass is 292 g/mol. The van der Waals surface area contributed by atoms with Gasteiger partial charge in [-0.1, -0.05) is 61.6 Å². The molecule has 1 unspecified atom stereocenters. The van der Waals surface area contributed by atoms with Crippen LogP contribution in [-0.4, -0.2) is 13.6 Å². The van der Waals surface area contributed by atoms with Crippen LogP contribution in [-0.2, 0) is 0 Å². The van der Waals surface area contributed by atoms with Gasteiger partial charge in [0.1, 0.15) is 0 Å². The molecular formula is C20H24Si. The summed E-state index contributed by atoms with van der Waals surface area (Å²) in [6, 6.07) is 0. The van der Waals surface area contributed by atoms with Crippen molar-refractivity contribution in [3.63, 3.8) is 0 Å². The van der Waals surface area contributed by atoms with Crippen LogP contribution in [0.2, 0.25) is 13.1 Å². The first-order valence-corrected chi connectivity index (χ1v) is 10.4. The summed E-state index contributed by atoms with van der Waals surface area (Å²) < 4.78 is 0. The molecule has 0 spiro atoms. The van der Waals surface area contributed by atoms with E-state index in [1.807, 2.05) is 0 Å². The molecule has 3 aliphatic carbocycles. The van der Waals surface area contributed by atoms with Crippen molar-refractivity contribution in [2.24, 2.45) is 5.92 Å². The van der Waals surface area contributed by atoms with Gasteiger partial charge in [-0.15, -0.1) is 0 Å².